The van der Waals surface area contributed by atoms with Crippen LogP contribution in [-0.4, -0.2) is 13.0 Å². The maximum Gasteiger partial charge on any atom is 0.250 e. The van der Waals surface area contributed by atoms with Gasteiger partial charge in [-0.15, -0.1) is 0 Å². The number of anilines is 2. The molecule has 0 saturated carbocycles. The summed E-state index contributed by atoms with van der Waals surface area (Å²) in [7, 11) is 1.78. The zero-order valence-electron chi connectivity index (χ0n) is 6.79. The van der Waals surface area contributed by atoms with Gasteiger partial charge in [0.1, 0.15) is 0 Å². The van der Waals surface area contributed by atoms with Crippen molar-refractivity contribution in [3.8, 4) is 0 Å². The van der Waals surface area contributed by atoms with Crippen LogP contribution in [0.15, 0.2) is 18.2 Å². The van der Waals surface area contributed by atoms with Crippen LogP contribution in [0.4, 0.5) is 11.4 Å². The fourth-order valence-corrected chi connectivity index (χ4v) is 0.943. The fourth-order valence-electron chi connectivity index (χ4n) is 0.943. The number of carbonyl (C=O) groups excluding carboxylic acids is 1. The second-order valence-corrected chi connectivity index (χ2v) is 2.42. The highest BCUT2D eigenvalue weighted by atomic mass is 16.1. The first-order chi connectivity index (χ1) is 5.65. The first-order valence-corrected chi connectivity index (χ1v) is 3.52. The van der Waals surface area contributed by atoms with Gasteiger partial charge in [0.15, 0.2) is 0 Å². The van der Waals surface area contributed by atoms with Crippen LogP contribution in [0.1, 0.15) is 10.4 Å². The Bertz CT molecular complexity index is 309. The fraction of sp³-hybridized carbons (Fsp3) is 0.125. The van der Waals surface area contributed by atoms with Gasteiger partial charge in [0.05, 0.1) is 5.56 Å². The Balaban J connectivity index is 3.12. The number of rotatable bonds is 2. The molecule has 0 unspecified atom stereocenters. The van der Waals surface area contributed by atoms with Crippen molar-refractivity contribution in [3.05, 3.63) is 23.8 Å². The first-order valence-electron chi connectivity index (χ1n) is 3.52. The van der Waals surface area contributed by atoms with Crippen LogP contribution in [0.5, 0.6) is 0 Å². The lowest BCUT2D eigenvalue weighted by molar-refractivity contribution is 0.100. The monoisotopic (exact) mass is 165 g/mol. The number of primary amides is 1. The van der Waals surface area contributed by atoms with E-state index in [9.17, 15) is 4.79 Å². The summed E-state index contributed by atoms with van der Waals surface area (Å²) in [4.78, 5) is 10.7. The molecule has 0 aliphatic carbocycles. The minimum atomic E-state index is -0.504. The molecule has 0 saturated heterocycles. The van der Waals surface area contributed by atoms with E-state index in [1.54, 1.807) is 25.2 Å². The van der Waals surface area contributed by atoms with E-state index in [4.69, 9.17) is 11.5 Å². The van der Waals surface area contributed by atoms with Crippen molar-refractivity contribution in [2.75, 3.05) is 18.1 Å². The zero-order chi connectivity index (χ0) is 9.14. The Labute approximate surface area is 70.6 Å². The molecule has 0 heterocycles. The van der Waals surface area contributed by atoms with Gasteiger partial charge in [-0.25, -0.2) is 0 Å². The number of benzene rings is 1. The number of nitrogens with one attached hydrogen (secondary N) is 1. The molecule has 1 rings (SSSR count). The van der Waals surface area contributed by atoms with E-state index < -0.39 is 5.91 Å². The SMILES string of the molecule is CNc1ccc(C(N)=O)c(N)c1. The van der Waals surface area contributed by atoms with Gasteiger partial charge in [-0.3, -0.25) is 4.79 Å². The van der Waals surface area contributed by atoms with Crippen LogP contribution in [-0.2, 0) is 0 Å². The molecule has 5 N–H and O–H groups in total. The minimum absolute atomic E-state index is 0.356. The van der Waals surface area contributed by atoms with Gasteiger partial charge in [-0.1, -0.05) is 0 Å². The highest BCUT2D eigenvalue weighted by Crippen LogP contribution is 2.16. The molecule has 64 valence electrons. The molecule has 0 aliphatic heterocycles. The van der Waals surface area contributed by atoms with Gasteiger partial charge >= 0.3 is 0 Å². The molecule has 0 aliphatic rings. The average molecular weight is 165 g/mol. The molecular weight excluding hydrogens is 154 g/mol. The number of carbonyl (C=O) groups is 1. The highest BCUT2D eigenvalue weighted by molar-refractivity contribution is 5.98. The molecule has 0 atom stereocenters. The highest BCUT2D eigenvalue weighted by Gasteiger charge is 2.04. The summed E-state index contributed by atoms with van der Waals surface area (Å²) in [5.41, 5.74) is 12.2. The van der Waals surface area contributed by atoms with Crippen molar-refractivity contribution >= 4 is 17.3 Å². The molecule has 4 nitrogen and oxygen atoms in total. The topological polar surface area (TPSA) is 81.1 Å². The largest absolute Gasteiger partial charge is 0.398 e. The molecule has 0 fully saturated rings. The van der Waals surface area contributed by atoms with Crippen molar-refractivity contribution in [1.29, 1.82) is 0 Å². The van der Waals surface area contributed by atoms with E-state index in [-0.39, 0.29) is 0 Å². The normalized spacial score (nSPS) is 9.42. The zero-order valence-corrected chi connectivity index (χ0v) is 6.79. The van der Waals surface area contributed by atoms with Crippen molar-refractivity contribution in [2.24, 2.45) is 5.73 Å². The number of hydrogen-bond acceptors (Lipinski definition) is 3. The number of hydrogen-bond donors (Lipinski definition) is 3. The smallest absolute Gasteiger partial charge is 0.250 e. The predicted octanol–water partition coefficient (Wildman–Crippen LogP) is 0.409. The van der Waals surface area contributed by atoms with Crippen LogP contribution >= 0.6 is 0 Å². The van der Waals surface area contributed by atoms with Crippen LogP contribution < -0.4 is 16.8 Å². The second kappa shape index (κ2) is 3.13. The summed E-state index contributed by atoms with van der Waals surface area (Å²) >= 11 is 0. The van der Waals surface area contributed by atoms with Crippen molar-refractivity contribution in [1.82, 2.24) is 0 Å². The van der Waals surface area contributed by atoms with Gasteiger partial charge < -0.3 is 16.8 Å². The second-order valence-electron chi connectivity index (χ2n) is 2.42. The number of nitrogens with two attached hydrogens (primary N) is 2. The molecular formula is C8H11N3O. The Morgan fingerprint density at radius 3 is 2.58 bits per heavy atom. The standard InChI is InChI=1S/C8H11N3O/c1-11-5-2-3-6(8(10)12)7(9)4-5/h2-4,11H,9H2,1H3,(H2,10,12). The molecule has 0 radical (unpaired) electrons. The Hall–Kier alpha value is -1.71. The molecule has 1 aromatic rings. The van der Waals surface area contributed by atoms with E-state index in [0.717, 1.165) is 5.69 Å². The summed E-state index contributed by atoms with van der Waals surface area (Å²) in [6.45, 7) is 0. The van der Waals surface area contributed by atoms with Gasteiger partial charge in [0.25, 0.3) is 5.91 Å². The molecule has 1 aromatic carbocycles. The molecule has 4 heteroatoms. The maximum atomic E-state index is 10.7. The van der Waals surface area contributed by atoms with Gasteiger partial charge in [-0.05, 0) is 18.2 Å². The van der Waals surface area contributed by atoms with E-state index in [1.807, 2.05) is 0 Å². The lowest BCUT2D eigenvalue weighted by Crippen LogP contribution is -2.13. The van der Waals surface area contributed by atoms with Gasteiger partial charge in [-0.2, -0.15) is 0 Å². The van der Waals surface area contributed by atoms with Crippen LogP contribution in [0.2, 0.25) is 0 Å². The molecule has 0 aromatic heterocycles. The lowest BCUT2D eigenvalue weighted by atomic mass is 10.1. The summed E-state index contributed by atoms with van der Waals surface area (Å²) in [6, 6.07) is 5.01. The first kappa shape index (κ1) is 8.39. The van der Waals surface area contributed by atoms with E-state index in [2.05, 4.69) is 5.32 Å². The predicted molar refractivity (Wildman–Crippen MR) is 48.9 cm³/mol. The van der Waals surface area contributed by atoms with E-state index in [1.165, 1.54) is 0 Å². The van der Waals surface area contributed by atoms with Crippen LogP contribution in [0.3, 0.4) is 0 Å². The number of amides is 1. The molecule has 1 amide bonds. The Morgan fingerprint density at radius 2 is 2.17 bits per heavy atom. The summed E-state index contributed by atoms with van der Waals surface area (Å²) in [6.07, 6.45) is 0. The molecule has 0 spiro atoms. The van der Waals surface area contributed by atoms with Crippen molar-refractivity contribution < 1.29 is 4.79 Å². The lowest BCUT2D eigenvalue weighted by Gasteiger charge is -2.04. The molecule has 12 heavy (non-hydrogen) atoms. The maximum absolute atomic E-state index is 10.7. The third-order valence-electron chi connectivity index (χ3n) is 1.61. The Kier molecular flexibility index (Phi) is 2.19. The summed E-state index contributed by atoms with van der Waals surface area (Å²) in [5, 5.41) is 2.90. The van der Waals surface area contributed by atoms with Crippen molar-refractivity contribution in [2.45, 2.75) is 0 Å². The van der Waals surface area contributed by atoms with Crippen molar-refractivity contribution in [3.63, 3.8) is 0 Å². The van der Waals surface area contributed by atoms with E-state index in [0.29, 0.717) is 11.3 Å². The third kappa shape index (κ3) is 1.47. The summed E-state index contributed by atoms with van der Waals surface area (Å²) < 4.78 is 0. The van der Waals surface area contributed by atoms with Gasteiger partial charge in [0, 0.05) is 18.4 Å². The minimum Gasteiger partial charge on any atom is -0.398 e. The Morgan fingerprint density at radius 1 is 1.50 bits per heavy atom. The molecule has 0 bridgehead atoms. The van der Waals surface area contributed by atoms with E-state index >= 15 is 0 Å². The summed E-state index contributed by atoms with van der Waals surface area (Å²) in [5.74, 6) is -0.504. The quantitative estimate of drug-likeness (QED) is 0.555. The average Bonchev–Trinajstić information content (AvgIpc) is 2.03. The van der Waals surface area contributed by atoms with Crippen LogP contribution in [0, 0.1) is 0 Å². The van der Waals surface area contributed by atoms with Gasteiger partial charge in [0.2, 0.25) is 0 Å². The number of nitrogen functional groups attached to an aromatic ring is 1. The van der Waals surface area contributed by atoms with Crippen LogP contribution in [0.25, 0.3) is 0 Å². The third-order valence-corrected chi connectivity index (χ3v) is 1.61.